The van der Waals surface area contributed by atoms with E-state index in [2.05, 4.69) is 15.0 Å². The van der Waals surface area contributed by atoms with Crippen molar-refractivity contribution in [2.75, 3.05) is 13.1 Å². The van der Waals surface area contributed by atoms with Gasteiger partial charge in [0.25, 0.3) is 5.91 Å². The fourth-order valence-electron chi connectivity index (χ4n) is 2.18. The normalized spacial score (nSPS) is 15.1. The molecular weight excluding hydrogens is 325 g/mol. The number of hydrogen-bond donors (Lipinski definition) is 0. The Bertz CT molecular complexity index is 743. The summed E-state index contributed by atoms with van der Waals surface area (Å²) in [4.78, 5) is 24.9. The van der Waals surface area contributed by atoms with E-state index in [9.17, 15) is 18.0 Å². The van der Waals surface area contributed by atoms with Crippen LogP contribution in [0.1, 0.15) is 21.9 Å². The van der Waals surface area contributed by atoms with Gasteiger partial charge in [-0.25, -0.2) is 4.98 Å². The highest BCUT2D eigenvalue weighted by Crippen LogP contribution is 2.30. The molecule has 3 heterocycles. The van der Waals surface area contributed by atoms with E-state index in [0.717, 1.165) is 12.3 Å². The Morgan fingerprint density at radius 3 is 2.62 bits per heavy atom. The first kappa shape index (κ1) is 16.2. The van der Waals surface area contributed by atoms with Crippen LogP contribution in [0.2, 0.25) is 0 Å². The van der Waals surface area contributed by atoms with E-state index in [1.54, 1.807) is 6.92 Å². The monoisotopic (exact) mass is 338 g/mol. The van der Waals surface area contributed by atoms with Crippen LogP contribution in [0.25, 0.3) is 0 Å². The molecule has 2 aromatic rings. The molecule has 9 heteroatoms. The molecule has 1 aliphatic rings. The van der Waals surface area contributed by atoms with Crippen LogP contribution in [-0.4, -0.2) is 45.0 Å². The second kappa shape index (κ2) is 6.06. The number of likely N-dealkylation sites (tertiary alicyclic amines) is 1. The molecule has 0 saturated carbocycles. The Labute approximate surface area is 135 Å². The molecule has 0 unspecified atom stereocenters. The zero-order chi connectivity index (χ0) is 17.3. The minimum atomic E-state index is -4.52. The van der Waals surface area contributed by atoms with Crippen molar-refractivity contribution in [3.05, 3.63) is 47.8 Å². The van der Waals surface area contributed by atoms with Crippen LogP contribution >= 0.6 is 0 Å². The second-order valence-corrected chi connectivity index (χ2v) is 5.37. The lowest BCUT2D eigenvalue weighted by molar-refractivity contribution is -0.141. The number of alkyl halides is 3. The van der Waals surface area contributed by atoms with E-state index in [0.29, 0.717) is 5.69 Å². The van der Waals surface area contributed by atoms with Gasteiger partial charge in [0.15, 0.2) is 0 Å². The van der Waals surface area contributed by atoms with Gasteiger partial charge < -0.3 is 9.64 Å². The van der Waals surface area contributed by atoms with Crippen molar-refractivity contribution in [2.45, 2.75) is 19.2 Å². The Morgan fingerprint density at radius 1 is 1.25 bits per heavy atom. The molecule has 0 aromatic carbocycles. The van der Waals surface area contributed by atoms with E-state index >= 15 is 0 Å². The van der Waals surface area contributed by atoms with E-state index in [4.69, 9.17) is 4.74 Å². The number of amides is 1. The number of aromatic nitrogens is 3. The topological polar surface area (TPSA) is 68.2 Å². The van der Waals surface area contributed by atoms with Crippen LogP contribution in [-0.2, 0) is 6.18 Å². The minimum Gasteiger partial charge on any atom is -0.487 e. The molecule has 1 aliphatic heterocycles. The summed E-state index contributed by atoms with van der Waals surface area (Å²) in [6.07, 6.45) is -0.955. The molecule has 24 heavy (non-hydrogen) atoms. The summed E-state index contributed by atoms with van der Waals surface area (Å²) < 4.78 is 43.3. The molecule has 0 N–H and O–H groups in total. The van der Waals surface area contributed by atoms with Crippen molar-refractivity contribution in [2.24, 2.45) is 0 Å². The summed E-state index contributed by atoms with van der Waals surface area (Å²) >= 11 is 0. The predicted octanol–water partition coefficient (Wildman–Crippen LogP) is 2.10. The number of rotatable bonds is 3. The molecule has 1 fully saturated rings. The van der Waals surface area contributed by atoms with Gasteiger partial charge in [0.05, 0.1) is 25.0 Å². The van der Waals surface area contributed by atoms with Gasteiger partial charge in [-0.05, 0) is 13.0 Å². The Balaban J connectivity index is 1.57. The van der Waals surface area contributed by atoms with Crippen molar-refractivity contribution >= 4 is 5.91 Å². The first-order valence-corrected chi connectivity index (χ1v) is 7.11. The van der Waals surface area contributed by atoms with E-state index in [-0.39, 0.29) is 36.5 Å². The zero-order valence-corrected chi connectivity index (χ0v) is 12.6. The standard InChI is InChI=1S/C15H13F3N4O2/c1-9-5-21-12(6-20-9)14(23)22-7-11(8-22)24-10-2-3-19-13(4-10)15(16,17)18/h2-6,11H,7-8H2,1H3. The minimum absolute atomic E-state index is 0.0737. The molecule has 1 saturated heterocycles. The van der Waals surface area contributed by atoms with E-state index in [1.807, 2.05) is 0 Å². The lowest BCUT2D eigenvalue weighted by atomic mass is 10.1. The van der Waals surface area contributed by atoms with Gasteiger partial charge in [-0.3, -0.25) is 14.8 Å². The van der Waals surface area contributed by atoms with Crippen LogP contribution < -0.4 is 4.74 Å². The molecule has 0 aliphatic carbocycles. The van der Waals surface area contributed by atoms with Crippen molar-refractivity contribution < 1.29 is 22.7 Å². The number of halogens is 3. The molecule has 6 nitrogen and oxygen atoms in total. The van der Waals surface area contributed by atoms with Crippen LogP contribution in [0.15, 0.2) is 30.7 Å². The molecule has 3 rings (SSSR count). The molecule has 126 valence electrons. The molecule has 2 aromatic heterocycles. The number of hydrogen-bond acceptors (Lipinski definition) is 5. The summed E-state index contributed by atoms with van der Waals surface area (Å²) in [6.45, 7) is 2.31. The molecular formula is C15H13F3N4O2. The largest absolute Gasteiger partial charge is 0.487 e. The average molecular weight is 338 g/mol. The third-order valence-electron chi connectivity index (χ3n) is 3.46. The lowest BCUT2D eigenvalue weighted by Crippen LogP contribution is -2.56. The summed E-state index contributed by atoms with van der Waals surface area (Å²) in [5, 5.41) is 0. The molecule has 1 amide bonds. The third kappa shape index (κ3) is 3.44. The molecule has 0 radical (unpaired) electrons. The van der Waals surface area contributed by atoms with Crippen molar-refractivity contribution in [3.63, 3.8) is 0 Å². The van der Waals surface area contributed by atoms with Gasteiger partial charge in [-0.2, -0.15) is 13.2 Å². The SMILES string of the molecule is Cc1cnc(C(=O)N2CC(Oc3ccnc(C(F)(F)F)c3)C2)cn1. The second-order valence-electron chi connectivity index (χ2n) is 5.37. The van der Waals surface area contributed by atoms with E-state index < -0.39 is 11.9 Å². The lowest BCUT2D eigenvalue weighted by Gasteiger charge is -2.38. The average Bonchev–Trinajstić information content (AvgIpc) is 2.50. The first-order valence-electron chi connectivity index (χ1n) is 7.11. The van der Waals surface area contributed by atoms with Gasteiger partial charge in [0.2, 0.25) is 0 Å². The first-order chi connectivity index (χ1) is 11.3. The summed E-state index contributed by atoms with van der Waals surface area (Å²) in [6, 6.07) is 2.20. The molecule has 0 atom stereocenters. The highest BCUT2D eigenvalue weighted by Gasteiger charge is 2.35. The maximum absolute atomic E-state index is 12.6. The Morgan fingerprint density at radius 2 is 2.00 bits per heavy atom. The number of carbonyl (C=O) groups excluding carboxylic acids is 1. The number of ether oxygens (including phenoxy) is 1. The number of aryl methyl sites for hydroxylation is 1. The van der Waals surface area contributed by atoms with Crippen LogP contribution in [0.5, 0.6) is 5.75 Å². The Kier molecular flexibility index (Phi) is 4.08. The maximum atomic E-state index is 12.6. The maximum Gasteiger partial charge on any atom is 0.433 e. The van der Waals surface area contributed by atoms with Gasteiger partial charge in [0.1, 0.15) is 23.2 Å². The summed E-state index contributed by atoms with van der Waals surface area (Å²) in [5.74, 6) is -0.211. The molecule has 0 bridgehead atoms. The van der Waals surface area contributed by atoms with Crippen LogP contribution in [0.3, 0.4) is 0 Å². The van der Waals surface area contributed by atoms with Crippen molar-refractivity contribution in [3.8, 4) is 5.75 Å². The van der Waals surface area contributed by atoms with Gasteiger partial charge in [-0.15, -0.1) is 0 Å². The zero-order valence-electron chi connectivity index (χ0n) is 12.6. The fourth-order valence-corrected chi connectivity index (χ4v) is 2.18. The number of carbonyl (C=O) groups is 1. The van der Waals surface area contributed by atoms with Crippen LogP contribution in [0, 0.1) is 6.92 Å². The number of nitrogens with zero attached hydrogens (tertiary/aromatic N) is 4. The highest BCUT2D eigenvalue weighted by atomic mass is 19.4. The third-order valence-corrected chi connectivity index (χ3v) is 3.46. The smallest absolute Gasteiger partial charge is 0.433 e. The molecule has 0 spiro atoms. The fraction of sp³-hybridized carbons (Fsp3) is 0.333. The van der Waals surface area contributed by atoms with Crippen LogP contribution in [0.4, 0.5) is 13.2 Å². The van der Waals surface area contributed by atoms with Gasteiger partial charge in [-0.1, -0.05) is 0 Å². The van der Waals surface area contributed by atoms with Gasteiger partial charge in [0, 0.05) is 18.5 Å². The van der Waals surface area contributed by atoms with E-state index in [1.165, 1.54) is 23.4 Å². The number of pyridine rings is 1. The summed E-state index contributed by atoms with van der Waals surface area (Å²) in [7, 11) is 0. The Hall–Kier alpha value is -2.71. The summed E-state index contributed by atoms with van der Waals surface area (Å²) in [5.41, 5.74) is -0.0842. The predicted molar refractivity (Wildman–Crippen MR) is 76.3 cm³/mol. The van der Waals surface area contributed by atoms with Gasteiger partial charge >= 0.3 is 6.18 Å². The quantitative estimate of drug-likeness (QED) is 0.857. The van der Waals surface area contributed by atoms with Crippen molar-refractivity contribution in [1.29, 1.82) is 0 Å². The highest BCUT2D eigenvalue weighted by molar-refractivity contribution is 5.92. The van der Waals surface area contributed by atoms with Crippen molar-refractivity contribution in [1.82, 2.24) is 19.9 Å².